The summed E-state index contributed by atoms with van der Waals surface area (Å²) in [7, 11) is 3.50. The minimum Gasteiger partial charge on any atom is -0.381 e. The highest BCUT2D eigenvalue weighted by Crippen LogP contribution is 2.24. The van der Waals surface area contributed by atoms with Gasteiger partial charge in [0.25, 0.3) is 11.5 Å². The molecule has 0 aliphatic heterocycles. The van der Waals surface area contributed by atoms with E-state index in [1.165, 1.54) is 9.25 Å². The van der Waals surface area contributed by atoms with E-state index in [-0.39, 0.29) is 16.9 Å². The van der Waals surface area contributed by atoms with E-state index in [9.17, 15) is 9.59 Å². The number of para-hydroxylation sites is 1. The van der Waals surface area contributed by atoms with Crippen LogP contribution in [-0.4, -0.2) is 41.6 Å². The van der Waals surface area contributed by atoms with Gasteiger partial charge in [0.15, 0.2) is 5.82 Å². The molecule has 3 aromatic heterocycles. The molecule has 206 valence electrons. The smallest absolute Gasteiger partial charge is 0.267 e. The molecule has 5 aromatic rings. The fraction of sp³-hybridized carbons (Fsp3) is 0.167. The molecule has 1 unspecified atom stereocenters. The maximum Gasteiger partial charge on any atom is 0.267 e. The van der Waals surface area contributed by atoms with Crippen LogP contribution in [0, 0.1) is 11.8 Å². The summed E-state index contributed by atoms with van der Waals surface area (Å²) in [6, 6.07) is 13.8. The van der Waals surface area contributed by atoms with Crippen LogP contribution in [0.3, 0.4) is 0 Å². The van der Waals surface area contributed by atoms with E-state index < -0.39 is 11.9 Å². The third kappa shape index (κ3) is 5.31. The van der Waals surface area contributed by atoms with Gasteiger partial charge in [0.2, 0.25) is 0 Å². The zero-order valence-corrected chi connectivity index (χ0v) is 22.9. The van der Waals surface area contributed by atoms with Crippen LogP contribution in [0.25, 0.3) is 16.6 Å². The number of rotatable bonds is 7. The first-order valence-corrected chi connectivity index (χ1v) is 12.9. The van der Waals surface area contributed by atoms with E-state index >= 15 is 0 Å². The SMILES string of the molecule is C=CCNc1c(C(=O)NC(C)c2nc3cccc(C#Cc4cnn(C)c4)c3c(=O)n2-c2ccccc2)c(N)nn1C. The predicted octanol–water partition coefficient (Wildman–Crippen LogP) is 2.92. The van der Waals surface area contributed by atoms with E-state index in [0.717, 1.165) is 5.56 Å². The minimum atomic E-state index is -0.684. The standard InChI is InChI=1S/C30H29N9O2/c1-5-16-32-28-25(26(31)36-38(28)4)29(40)34-19(2)27-35-23-13-9-10-21(15-14-20-17-33-37(3)18-20)24(23)30(41)39(27)22-11-7-6-8-12-22/h5-13,17-19,32H,1,16H2,2-4H3,(H2,31,36)(H,34,40). The Balaban J connectivity index is 1.62. The molecule has 4 N–H and O–H groups in total. The molecule has 0 bridgehead atoms. The number of anilines is 2. The van der Waals surface area contributed by atoms with Gasteiger partial charge < -0.3 is 16.4 Å². The molecule has 5 rings (SSSR count). The molecule has 0 spiro atoms. The molecule has 1 atom stereocenters. The second-order valence-corrected chi connectivity index (χ2v) is 9.40. The van der Waals surface area contributed by atoms with Crippen LogP contribution in [-0.2, 0) is 14.1 Å². The van der Waals surface area contributed by atoms with Crippen molar-refractivity contribution in [1.82, 2.24) is 34.4 Å². The fourth-order valence-electron chi connectivity index (χ4n) is 4.57. The van der Waals surface area contributed by atoms with Crippen LogP contribution < -0.4 is 21.9 Å². The van der Waals surface area contributed by atoms with Crippen molar-refractivity contribution in [1.29, 1.82) is 0 Å². The number of aryl methyl sites for hydroxylation is 2. The average Bonchev–Trinajstić information content (AvgIpc) is 3.51. The van der Waals surface area contributed by atoms with E-state index in [2.05, 4.69) is 39.3 Å². The number of carbonyl (C=O) groups is 1. The Morgan fingerprint density at radius 1 is 1.15 bits per heavy atom. The summed E-state index contributed by atoms with van der Waals surface area (Å²) in [6.07, 6.45) is 5.13. The normalized spacial score (nSPS) is 11.5. The minimum absolute atomic E-state index is 0.0764. The molecule has 0 aliphatic rings. The summed E-state index contributed by atoms with van der Waals surface area (Å²) >= 11 is 0. The molecule has 0 radical (unpaired) electrons. The number of fused-ring (bicyclic) bond motifs is 1. The Kier molecular flexibility index (Phi) is 7.39. The number of benzene rings is 2. The molecular weight excluding hydrogens is 518 g/mol. The van der Waals surface area contributed by atoms with Crippen LogP contribution in [0.15, 0.2) is 78.4 Å². The van der Waals surface area contributed by atoms with Crippen molar-refractivity contribution in [3.05, 3.63) is 106 Å². The van der Waals surface area contributed by atoms with Crippen molar-refractivity contribution in [2.45, 2.75) is 13.0 Å². The Bertz CT molecular complexity index is 1890. The first-order valence-electron chi connectivity index (χ1n) is 12.9. The Labute approximate surface area is 236 Å². The number of nitrogens with one attached hydrogen (secondary N) is 2. The number of nitrogen functional groups attached to an aromatic ring is 1. The molecule has 1 amide bonds. The maximum absolute atomic E-state index is 14.1. The van der Waals surface area contributed by atoms with Gasteiger partial charge >= 0.3 is 0 Å². The largest absolute Gasteiger partial charge is 0.381 e. The third-order valence-electron chi connectivity index (χ3n) is 6.43. The van der Waals surface area contributed by atoms with E-state index in [4.69, 9.17) is 10.7 Å². The highest BCUT2D eigenvalue weighted by Gasteiger charge is 2.25. The zero-order valence-electron chi connectivity index (χ0n) is 22.9. The number of hydrogen-bond acceptors (Lipinski definition) is 7. The second kappa shape index (κ2) is 11.2. The molecule has 3 heterocycles. The molecule has 0 aliphatic carbocycles. The van der Waals surface area contributed by atoms with E-state index in [1.807, 2.05) is 37.4 Å². The van der Waals surface area contributed by atoms with Crippen molar-refractivity contribution in [2.75, 3.05) is 17.6 Å². The highest BCUT2D eigenvalue weighted by atomic mass is 16.2. The van der Waals surface area contributed by atoms with Crippen molar-refractivity contribution in [2.24, 2.45) is 14.1 Å². The van der Waals surface area contributed by atoms with Crippen LogP contribution in [0.5, 0.6) is 0 Å². The number of nitrogens with zero attached hydrogens (tertiary/aromatic N) is 6. The number of amides is 1. The van der Waals surface area contributed by atoms with Crippen molar-refractivity contribution in [3.63, 3.8) is 0 Å². The molecular formula is C30H29N9O2. The molecule has 0 fully saturated rings. The fourth-order valence-corrected chi connectivity index (χ4v) is 4.57. The van der Waals surface area contributed by atoms with Gasteiger partial charge in [0.05, 0.1) is 34.4 Å². The number of nitrogens with two attached hydrogens (primary N) is 1. The van der Waals surface area contributed by atoms with Gasteiger partial charge in [-0.1, -0.05) is 42.2 Å². The van der Waals surface area contributed by atoms with Gasteiger partial charge in [0.1, 0.15) is 17.2 Å². The average molecular weight is 548 g/mol. The molecule has 2 aromatic carbocycles. The number of hydrogen-bond donors (Lipinski definition) is 3. The van der Waals surface area contributed by atoms with Gasteiger partial charge in [-0.15, -0.1) is 6.58 Å². The van der Waals surface area contributed by atoms with Gasteiger partial charge in [0, 0.05) is 32.4 Å². The van der Waals surface area contributed by atoms with Gasteiger partial charge in [-0.2, -0.15) is 10.2 Å². The van der Waals surface area contributed by atoms with Crippen LogP contribution in [0.2, 0.25) is 0 Å². The quantitative estimate of drug-likeness (QED) is 0.210. The first-order chi connectivity index (χ1) is 19.8. The monoisotopic (exact) mass is 547 g/mol. The molecule has 0 saturated carbocycles. The zero-order chi connectivity index (χ0) is 29.1. The van der Waals surface area contributed by atoms with Gasteiger partial charge in [-0.05, 0) is 31.2 Å². The Hall–Kier alpha value is -5.63. The van der Waals surface area contributed by atoms with Crippen LogP contribution >= 0.6 is 0 Å². The van der Waals surface area contributed by atoms with E-state index in [0.29, 0.717) is 40.3 Å². The lowest BCUT2D eigenvalue weighted by Gasteiger charge is -2.20. The summed E-state index contributed by atoms with van der Waals surface area (Å²) in [5, 5.41) is 14.8. The highest BCUT2D eigenvalue weighted by molar-refractivity contribution is 6.03. The van der Waals surface area contributed by atoms with Gasteiger partial charge in [-0.3, -0.25) is 23.5 Å². The molecule has 11 nitrogen and oxygen atoms in total. The number of carbonyl (C=O) groups excluding carboxylic acids is 1. The summed E-state index contributed by atoms with van der Waals surface area (Å²) < 4.78 is 4.67. The van der Waals surface area contributed by atoms with E-state index in [1.54, 1.807) is 55.3 Å². The third-order valence-corrected chi connectivity index (χ3v) is 6.43. The maximum atomic E-state index is 14.1. The van der Waals surface area contributed by atoms with Crippen molar-refractivity contribution >= 4 is 28.4 Å². The lowest BCUT2D eigenvalue weighted by atomic mass is 10.1. The summed E-state index contributed by atoms with van der Waals surface area (Å²) in [5.41, 5.74) is 8.32. The number of aromatic nitrogens is 6. The topological polar surface area (TPSA) is 138 Å². The molecule has 41 heavy (non-hydrogen) atoms. The summed E-state index contributed by atoms with van der Waals surface area (Å²) in [6.45, 7) is 5.89. The lowest BCUT2D eigenvalue weighted by molar-refractivity contribution is 0.0939. The Morgan fingerprint density at radius 3 is 2.63 bits per heavy atom. The first kappa shape index (κ1) is 27.0. The van der Waals surface area contributed by atoms with Crippen molar-refractivity contribution < 1.29 is 4.79 Å². The molecule has 11 heteroatoms. The van der Waals surface area contributed by atoms with Gasteiger partial charge in [-0.25, -0.2) is 4.98 Å². The predicted molar refractivity (Wildman–Crippen MR) is 159 cm³/mol. The summed E-state index contributed by atoms with van der Waals surface area (Å²) in [5.74, 6) is 6.60. The Morgan fingerprint density at radius 2 is 1.93 bits per heavy atom. The summed E-state index contributed by atoms with van der Waals surface area (Å²) in [4.78, 5) is 32.5. The molecule has 0 saturated heterocycles. The van der Waals surface area contributed by atoms with Crippen LogP contribution in [0.4, 0.5) is 11.6 Å². The lowest BCUT2D eigenvalue weighted by Crippen LogP contribution is -2.34. The van der Waals surface area contributed by atoms with Crippen LogP contribution in [0.1, 0.15) is 40.3 Å². The second-order valence-electron chi connectivity index (χ2n) is 9.40. The van der Waals surface area contributed by atoms with Crippen molar-refractivity contribution in [3.8, 4) is 17.5 Å².